The van der Waals surface area contributed by atoms with Gasteiger partial charge in [0.2, 0.25) is 5.91 Å². The van der Waals surface area contributed by atoms with Crippen molar-refractivity contribution in [2.75, 3.05) is 24.5 Å². The van der Waals surface area contributed by atoms with Gasteiger partial charge in [0.15, 0.2) is 0 Å². The number of hydrogen-bond donors (Lipinski definition) is 1. The average Bonchev–Trinajstić information content (AvgIpc) is 2.74. The Bertz CT molecular complexity index is 826. The van der Waals surface area contributed by atoms with E-state index in [4.69, 9.17) is 0 Å². The summed E-state index contributed by atoms with van der Waals surface area (Å²) in [4.78, 5) is 26.8. The highest BCUT2D eigenvalue weighted by molar-refractivity contribution is 5.79. The molecule has 6 heteroatoms. The van der Waals surface area contributed by atoms with E-state index in [1.807, 2.05) is 25.1 Å². The minimum atomic E-state index is -0.0610. The lowest BCUT2D eigenvalue weighted by Crippen LogP contribution is -2.41. The van der Waals surface area contributed by atoms with Crippen LogP contribution in [0.25, 0.3) is 0 Å². The number of anilines is 1. The van der Waals surface area contributed by atoms with Crippen molar-refractivity contribution in [1.29, 1.82) is 0 Å². The van der Waals surface area contributed by atoms with Crippen LogP contribution in [0.5, 0.6) is 0 Å². The number of carbonyl (C=O) groups excluding carboxylic acids is 1. The van der Waals surface area contributed by atoms with Gasteiger partial charge in [-0.2, -0.15) is 5.10 Å². The fourth-order valence-corrected chi connectivity index (χ4v) is 3.67. The van der Waals surface area contributed by atoms with Crippen LogP contribution in [0.2, 0.25) is 0 Å². The standard InChI is InChI=1S/C22H30N4O2/c1-3-11-26-21(27)14-20(16-24-26)25-12-9-19(10-13-25)22(28)23-15-17(2)18-7-5-4-6-8-18/h4-8,14,16-17,19H,3,9-13,15H2,1-2H3,(H,23,28). The summed E-state index contributed by atoms with van der Waals surface area (Å²) in [7, 11) is 0. The third-order valence-electron chi connectivity index (χ3n) is 5.47. The van der Waals surface area contributed by atoms with E-state index < -0.39 is 0 Å². The number of hydrogen-bond acceptors (Lipinski definition) is 4. The molecule has 1 atom stereocenters. The number of benzene rings is 1. The highest BCUT2D eigenvalue weighted by Crippen LogP contribution is 2.22. The number of carbonyl (C=O) groups is 1. The molecule has 150 valence electrons. The first-order valence-corrected chi connectivity index (χ1v) is 10.2. The average molecular weight is 383 g/mol. The van der Waals surface area contributed by atoms with Crippen LogP contribution in [0.3, 0.4) is 0 Å². The van der Waals surface area contributed by atoms with E-state index in [1.54, 1.807) is 12.3 Å². The molecule has 1 saturated heterocycles. The van der Waals surface area contributed by atoms with Gasteiger partial charge in [0.05, 0.1) is 11.9 Å². The van der Waals surface area contributed by atoms with Gasteiger partial charge in [-0.25, -0.2) is 4.68 Å². The summed E-state index contributed by atoms with van der Waals surface area (Å²) >= 11 is 0. The fraction of sp³-hybridized carbons (Fsp3) is 0.500. The number of aromatic nitrogens is 2. The Labute approximate surface area is 166 Å². The van der Waals surface area contributed by atoms with Gasteiger partial charge in [-0.3, -0.25) is 9.59 Å². The summed E-state index contributed by atoms with van der Waals surface area (Å²) in [5.41, 5.74) is 2.03. The van der Waals surface area contributed by atoms with Gasteiger partial charge in [-0.15, -0.1) is 0 Å². The molecule has 0 radical (unpaired) electrons. The third kappa shape index (κ3) is 5.00. The van der Waals surface area contributed by atoms with Crippen molar-refractivity contribution >= 4 is 11.6 Å². The number of nitrogens with one attached hydrogen (secondary N) is 1. The Morgan fingerprint density at radius 1 is 1.25 bits per heavy atom. The lowest BCUT2D eigenvalue weighted by atomic mass is 9.95. The maximum Gasteiger partial charge on any atom is 0.268 e. The molecule has 1 aliphatic heterocycles. The highest BCUT2D eigenvalue weighted by atomic mass is 16.2. The molecule has 0 spiro atoms. The zero-order valence-electron chi connectivity index (χ0n) is 16.8. The van der Waals surface area contributed by atoms with E-state index in [0.717, 1.165) is 38.0 Å². The summed E-state index contributed by atoms with van der Waals surface area (Å²) in [6.45, 7) is 6.99. The molecule has 1 unspecified atom stereocenters. The number of rotatable bonds is 7. The first kappa shape index (κ1) is 20.1. The van der Waals surface area contributed by atoms with Crippen LogP contribution in [0.4, 0.5) is 5.69 Å². The van der Waals surface area contributed by atoms with Crippen molar-refractivity contribution in [3.8, 4) is 0 Å². The zero-order chi connectivity index (χ0) is 19.9. The molecule has 1 aromatic carbocycles. The second-order valence-corrected chi connectivity index (χ2v) is 7.59. The number of aryl methyl sites for hydroxylation is 1. The molecule has 3 rings (SSSR count). The Kier molecular flexibility index (Phi) is 6.85. The van der Waals surface area contributed by atoms with Crippen LogP contribution in [-0.4, -0.2) is 35.3 Å². The van der Waals surface area contributed by atoms with E-state index >= 15 is 0 Å². The predicted molar refractivity (Wildman–Crippen MR) is 112 cm³/mol. The monoisotopic (exact) mass is 382 g/mol. The third-order valence-corrected chi connectivity index (χ3v) is 5.47. The maximum atomic E-state index is 12.6. The van der Waals surface area contributed by atoms with Crippen molar-refractivity contribution < 1.29 is 4.79 Å². The van der Waals surface area contributed by atoms with Crippen LogP contribution in [0.15, 0.2) is 47.4 Å². The lowest BCUT2D eigenvalue weighted by Gasteiger charge is -2.32. The molecule has 1 aromatic heterocycles. The lowest BCUT2D eigenvalue weighted by molar-refractivity contribution is -0.125. The highest BCUT2D eigenvalue weighted by Gasteiger charge is 2.25. The van der Waals surface area contributed by atoms with Crippen molar-refractivity contribution in [3.05, 3.63) is 58.5 Å². The van der Waals surface area contributed by atoms with Gasteiger partial charge < -0.3 is 10.2 Å². The molecule has 2 heterocycles. The Morgan fingerprint density at radius 3 is 2.61 bits per heavy atom. The summed E-state index contributed by atoms with van der Waals surface area (Å²) in [6.07, 6.45) is 4.24. The molecule has 1 N–H and O–H groups in total. The predicted octanol–water partition coefficient (Wildman–Crippen LogP) is 2.79. The molecule has 0 aliphatic carbocycles. The molecule has 28 heavy (non-hydrogen) atoms. The molecule has 0 saturated carbocycles. The van der Waals surface area contributed by atoms with E-state index in [-0.39, 0.29) is 17.4 Å². The Hall–Kier alpha value is -2.63. The molecule has 0 bridgehead atoms. The summed E-state index contributed by atoms with van der Waals surface area (Å²) in [6, 6.07) is 11.9. The van der Waals surface area contributed by atoms with E-state index in [0.29, 0.717) is 19.0 Å². The van der Waals surface area contributed by atoms with Gasteiger partial charge in [0, 0.05) is 38.2 Å². The molecule has 2 aromatic rings. The molecule has 6 nitrogen and oxygen atoms in total. The zero-order valence-corrected chi connectivity index (χ0v) is 16.8. The normalized spacial score (nSPS) is 16.0. The summed E-state index contributed by atoms with van der Waals surface area (Å²) in [5.74, 6) is 0.470. The molecule has 1 amide bonds. The van der Waals surface area contributed by atoms with Crippen LogP contribution in [0.1, 0.15) is 44.6 Å². The molecular weight excluding hydrogens is 352 g/mol. The van der Waals surface area contributed by atoms with E-state index in [1.165, 1.54) is 10.2 Å². The first-order chi connectivity index (χ1) is 13.6. The topological polar surface area (TPSA) is 67.2 Å². The minimum absolute atomic E-state index is 0.0349. The van der Waals surface area contributed by atoms with E-state index in [2.05, 4.69) is 34.4 Å². The number of nitrogens with zero attached hydrogens (tertiary/aromatic N) is 3. The Morgan fingerprint density at radius 2 is 1.96 bits per heavy atom. The summed E-state index contributed by atoms with van der Waals surface area (Å²) < 4.78 is 1.50. The van der Waals surface area contributed by atoms with Gasteiger partial charge in [0.25, 0.3) is 5.56 Å². The van der Waals surface area contributed by atoms with Crippen molar-refractivity contribution in [1.82, 2.24) is 15.1 Å². The number of piperidine rings is 1. The van der Waals surface area contributed by atoms with Gasteiger partial charge in [-0.05, 0) is 30.7 Å². The minimum Gasteiger partial charge on any atom is -0.370 e. The fourth-order valence-electron chi connectivity index (χ4n) is 3.67. The largest absolute Gasteiger partial charge is 0.370 e. The van der Waals surface area contributed by atoms with Crippen molar-refractivity contribution in [2.24, 2.45) is 5.92 Å². The SMILES string of the molecule is CCCn1ncc(N2CCC(C(=O)NCC(C)c3ccccc3)CC2)cc1=O. The van der Waals surface area contributed by atoms with Crippen LogP contribution in [-0.2, 0) is 11.3 Å². The van der Waals surface area contributed by atoms with E-state index in [9.17, 15) is 9.59 Å². The molecule has 1 aliphatic rings. The quantitative estimate of drug-likeness (QED) is 0.800. The van der Waals surface area contributed by atoms with Crippen LogP contribution < -0.4 is 15.8 Å². The van der Waals surface area contributed by atoms with Crippen molar-refractivity contribution in [2.45, 2.75) is 45.6 Å². The Balaban J connectivity index is 1.49. The second-order valence-electron chi connectivity index (χ2n) is 7.59. The van der Waals surface area contributed by atoms with Crippen molar-refractivity contribution in [3.63, 3.8) is 0 Å². The van der Waals surface area contributed by atoms with Gasteiger partial charge in [0.1, 0.15) is 0 Å². The maximum absolute atomic E-state index is 12.6. The molecular formula is C22H30N4O2. The van der Waals surface area contributed by atoms with Crippen LogP contribution >= 0.6 is 0 Å². The molecule has 1 fully saturated rings. The summed E-state index contributed by atoms with van der Waals surface area (Å²) in [5, 5.41) is 7.37. The van der Waals surface area contributed by atoms with Gasteiger partial charge >= 0.3 is 0 Å². The number of amides is 1. The second kappa shape index (κ2) is 9.53. The first-order valence-electron chi connectivity index (χ1n) is 10.2. The van der Waals surface area contributed by atoms with Crippen LogP contribution in [0, 0.1) is 5.92 Å². The smallest absolute Gasteiger partial charge is 0.268 e. The van der Waals surface area contributed by atoms with Gasteiger partial charge in [-0.1, -0.05) is 44.2 Å².